The number of hydrogen-bond donors (Lipinski definition) is 2. The van der Waals surface area contributed by atoms with E-state index >= 15 is 0 Å². The standard InChI is InChI=1S/C21H23F3N4O2/c1-11(12-6-8-13(9-7-12)21(22,23)24)28-17(10-16(27-28)19(29)25-2)20(30)26-18-14-4-3-5-15(14)18/h6-11,14-15,18H,3-5H2,1-2H3,(H,25,29)(H,26,30). The van der Waals surface area contributed by atoms with Crippen LogP contribution in [0.1, 0.15) is 64.3 Å². The summed E-state index contributed by atoms with van der Waals surface area (Å²) in [7, 11) is 1.46. The molecule has 1 heterocycles. The Morgan fingerprint density at radius 2 is 1.77 bits per heavy atom. The lowest BCUT2D eigenvalue weighted by Crippen LogP contribution is -2.31. The molecule has 0 radical (unpaired) electrons. The van der Waals surface area contributed by atoms with Crippen LogP contribution in [0.15, 0.2) is 30.3 Å². The van der Waals surface area contributed by atoms with E-state index in [4.69, 9.17) is 0 Å². The first-order valence-electron chi connectivity index (χ1n) is 10.0. The highest BCUT2D eigenvalue weighted by Gasteiger charge is 2.53. The molecule has 2 amide bonds. The highest BCUT2D eigenvalue weighted by molar-refractivity contribution is 5.98. The van der Waals surface area contributed by atoms with E-state index in [0.717, 1.165) is 25.0 Å². The number of rotatable bonds is 5. The summed E-state index contributed by atoms with van der Waals surface area (Å²) >= 11 is 0. The molecular formula is C21H23F3N4O2. The van der Waals surface area contributed by atoms with Crippen molar-refractivity contribution in [2.24, 2.45) is 11.8 Å². The van der Waals surface area contributed by atoms with Gasteiger partial charge in [0, 0.05) is 19.2 Å². The number of carbonyl (C=O) groups excluding carboxylic acids is 2. The van der Waals surface area contributed by atoms with Crippen LogP contribution in [0.3, 0.4) is 0 Å². The van der Waals surface area contributed by atoms with Crippen molar-refractivity contribution >= 4 is 11.8 Å². The van der Waals surface area contributed by atoms with Gasteiger partial charge in [-0.25, -0.2) is 0 Å². The first kappa shape index (κ1) is 20.4. The van der Waals surface area contributed by atoms with Gasteiger partial charge in [0.15, 0.2) is 5.69 Å². The van der Waals surface area contributed by atoms with Crippen molar-refractivity contribution in [2.75, 3.05) is 7.05 Å². The van der Waals surface area contributed by atoms with Crippen molar-refractivity contribution in [1.82, 2.24) is 20.4 Å². The number of halogens is 3. The quantitative estimate of drug-likeness (QED) is 0.779. The molecule has 3 atom stereocenters. The van der Waals surface area contributed by atoms with Crippen LogP contribution >= 0.6 is 0 Å². The molecule has 6 nitrogen and oxygen atoms in total. The van der Waals surface area contributed by atoms with E-state index in [1.807, 2.05) is 0 Å². The third kappa shape index (κ3) is 3.68. The van der Waals surface area contributed by atoms with Gasteiger partial charge >= 0.3 is 6.18 Å². The van der Waals surface area contributed by atoms with Gasteiger partial charge in [-0.3, -0.25) is 14.3 Å². The van der Waals surface area contributed by atoms with Crippen molar-refractivity contribution in [2.45, 2.75) is 44.4 Å². The fourth-order valence-electron chi connectivity index (χ4n) is 4.45. The predicted octanol–water partition coefficient (Wildman–Crippen LogP) is 3.40. The largest absolute Gasteiger partial charge is 0.416 e. The molecule has 0 saturated heterocycles. The average Bonchev–Trinajstić information content (AvgIpc) is 3.11. The molecule has 1 aromatic carbocycles. The molecule has 0 spiro atoms. The summed E-state index contributed by atoms with van der Waals surface area (Å²) < 4.78 is 40.0. The Balaban J connectivity index is 1.61. The van der Waals surface area contributed by atoms with Crippen molar-refractivity contribution in [3.63, 3.8) is 0 Å². The molecule has 0 aliphatic heterocycles. The molecule has 30 heavy (non-hydrogen) atoms. The zero-order valence-corrected chi connectivity index (χ0v) is 16.7. The van der Waals surface area contributed by atoms with E-state index in [-0.39, 0.29) is 23.3 Å². The zero-order valence-electron chi connectivity index (χ0n) is 16.7. The Hall–Kier alpha value is -2.84. The van der Waals surface area contributed by atoms with Gasteiger partial charge in [-0.1, -0.05) is 18.6 Å². The average molecular weight is 420 g/mol. The number of fused-ring (bicyclic) bond motifs is 1. The minimum Gasteiger partial charge on any atom is -0.354 e. The summed E-state index contributed by atoms with van der Waals surface area (Å²) in [6.07, 6.45) is -1.01. The van der Waals surface area contributed by atoms with E-state index in [2.05, 4.69) is 15.7 Å². The number of hydrogen-bond acceptors (Lipinski definition) is 3. The number of carbonyl (C=O) groups is 2. The molecule has 2 aromatic rings. The molecular weight excluding hydrogens is 397 g/mol. The minimum atomic E-state index is -4.42. The summed E-state index contributed by atoms with van der Waals surface area (Å²) in [5.41, 5.74) is 0.0958. The fourth-order valence-corrected chi connectivity index (χ4v) is 4.45. The Labute approximate surface area is 171 Å². The first-order valence-corrected chi connectivity index (χ1v) is 10.0. The van der Waals surface area contributed by atoms with Crippen molar-refractivity contribution in [3.8, 4) is 0 Å². The van der Waals surface area contributed by atoms with Crippen LogP contribution in [0.5, 0.6) is 0 Å². The van der Waals surface area contributed by atoms with Gasteiger partial charge in [0.25, 0.3) is 11.8 Å². The third-order valence-corrected chi connectivity index (χ3v) is 6.22. The maximum atomic E-state index is 12.9. The van der Waals surface area contributed by atoms with Gasteiger partial charge in [-0.2, -0.15) is 18.3 Å². The molecule has 4 rings (SSSR count). The maximum Gasteiger partial charge on any atom is 0.416 e. The molecule has 9 heteroatoms. The SMILES string of the molecule is CNC(=O)c1cc(C(=O)NC2C3CCCC32)n(C(C)c2ccc(C(F)(F)F)cc2)n1. The van der Waals surface area contributed by atoms with E-state index in [9.17, 15) is 22.8 Å². The molecule has 3 unspecified atom stereocenters. The van der Waals surface area contributed by atoms with Gasteiger partial charge in [-0.05, 0) is 49.3 Å². The lowest BCUT2D eigenvalue weighted by molar-refractivity contribution is -0.137. The summed E-state index contributed by atoms with van der Waals surface area (Å²) in [5, 5.41) is 9.79. The molecule has 2 aliphatic rings. The fraction of sp³-hybridized carbons (Fsp3) is 0.476. The summed E-state index contributed by atoms with van der Waals surface area (Å²) in [4.78, 5) is 25.0. The summed E-state index contributed by atoms with van der Waals surface area (Å²) in [6, 6.07) is 5.76. The maximum absolute atomic E-state index is 12.9. The van der Waals surface area contributed by atoms with Gasteiger partial charge in [-0.15, -0.1) is 0 Å². The topological polar surface area (TPSA) is 76.0 Å². The van der Waals surface area contributed by atoms with Crippen molar-refractivity contribution < 1.29 is 22.8 Å². The van der Waals surface area contributed by atoms with Gasteiger partial charge in [0.1, 0.15) is 5.69 Å². The number of nitrogens with one attached hydrogen (secondary N) is 2. The molecule has 160 valence electrons. The van der Waals surface area contributed by atoms with Crippen LogP contribution in [-0.2, 0) is 6.18 Å². The van der Waals surface area contributed by atoms with Gasteiger partial charge < -0.3 is 10.6 Å². The molecule has 1 aromatic heterocycles. The Morgan fingerprint density at radius 1 is 1.13 bits per heavy atom. The Morgan fingerprint density at radius 3 is 2.33 bits per heavy atom. The molecule has 2 N–H and O–H groups in total. The van der Waals surface area contributed by atoms with Crippen molar-refractivity contribution in [1.29, 1.82) is 0 Å². The number of alkyl halides is 3. The third-order valence-electron chi connectivity index (χ3n) is 6.22. The zero-order chi connectivity index (χ0) is 21.6. The number of aromatic nitrogens is 2. The van der Waals surface area contributed by atoms with Crippen LogP contribution < -0.4 is 10.6 Å². The minimum absolute atomic E-state index is 0.0809. The van der Waals surface area contributed by atoms with E-state index in [0.29, 0.717) is 17.4 Å². The second kappa shape index (κ2) is 7.45. The van der Waals surface area contributed by atoms with Crippen LogP contribution in [-0.4, -0.2) is 34.7 Å². The monoisotopic (exact) mass is 420 g/mol. The number of amides is 2. The van der Waals surface area contributed by atoms with Crippen LogP contribution in [0.4, 0.5) is 13.2 Å². The smallest absolute Gasteiger partial charge is 0.354 e. The molecule has 2 saturated carbocycles. The van der Waals surface area contributed by atoms with Crippen LogP contribution in [0.2, 0.25) is 0 Å². The van der Waals surface area contributed by atoms with Gasteiger partial charge in [0.05, 0.1) is 11.6 Å². The van der Waals surface area contributed by atoms with E-state index in [1.165, 1.54) is 36.3 Å². The highest BCUT2D eigenvalue weighted by Crippen LogP contribution is 2.51. The second-order valence-electron chi connectivity index (χ2n) is 7.99. The van der Waals surface area contributed by atoms with E-state index in [1.54, 1.807) is 6.92 Å². The normalized spacial score (nSPS) is 23.6. The van der Waals surface area contributed by atoms with Crippen molar-refractivity contribution in [3.05, 3.63) is 52.8 Å². The second-order valence-corrected chi connectivity index (χ2v) is 7.99. The highest BCUT2D eigenvalue weighted by atomic mass is 19.4. The molecule has 0 bridgehead atoms. The Kier molecular flexibility index (Phi) is 5.07. The van der Waals surface area contributed by atoms with Gasteiger partial charge in [0.2, 0.25) is 0 Å². The predicted molar refractivity (Wildman–Crippen MR) is 103 cm³/mol. The number of nitrogens with zero attached hydrogens (tertiary/aromatic N) is 2. The van der Waals surface area contributed by atoms with Crippen LogP contribution in [0.25, 0.3) is 0 Å². The van der Waals surface area contributed by atoms with E-state index < -0.39 is 23.7 Å². The molecule has 2 aliphatic carbocycles. The number of benzene rings is 1. The summed E-state index contributed by atoms with van der Waals surface area (Å²) in [6.45, 7) is 1.73. The van der Waals surface area contributed by atoms with Crippen LogP contribution in [0, 0.1) is 11.8 Å². The Bertz CT molecular complexity index is 958. The lowest BCUT2D eigenvalue weighted by atomic mass is 10.1. The summed E-state index contributed by atoms with van der Waals surface area (Å²) in [5.74, 6) is 0.286. The lowest BCUT2D eigenvalue weighted by Gasteiger charge is -2.17. The molecule has 2 fully saturated rings. The first-order chi connectivity index (χ1) is 14.2.